The summed E-state index contributed by atoms with van der Waals surface area (Å²) in [4.78, 5) is 12.0. The molecule has 0 saturated carbocycles. The van der Waals surface area contributed by atoms with Crippen molar-refractivity contribution < 1.29 is 14.3 Å². The molecule has 0 radical (unpaired) electrons. The topological polar surface area (TPSA) is 59.6 Å². The van der Waals surface area contributed by atoms with Crippen LogP contribution in [0, 0.1) is 0 Å². The fraction of sp³-hybridized carbons (Fsp3) is 0.222. The monoisotopic (exact) mass is 378 g/mol. The highest BCUT2D eigenvalue weighted by Gasteiger charge is 2.06. The summed E-state index contributed by atoms with van der Waals surface area (Å²) in [6.45, 7) is 1.02. The Balaban J connectivity index is 1.79. The Bertz CT molecular complexity index is 705. The molecule has 0 aliphatic carbocycles. The standard InChI is InChI=1S/C18H19ClN2O3S/c1-23-10-11-24-16-8-6-15(7-9-16)20-18(25)21-17(22)12-13-2-4-14(19)5-3-13/h2-9H,10-12H2,1H3,(H2,20,21,22,25). The zero-order valence-corrected chi connectivity index (χ0v) is 15.3. The summed E-state index contributed by atoms with van der Waals surface area (Å²) in [5, 5.41) is 6.49. The lowest BCUT2D eigenvalue weighted by Crippen LogP contribution is -2.35. The van der Waals surface area contributed by atoms with Gasteiger partial charge in [0.25, 0.3) is 0 Å². The van der Waals surface area contributed by atoms with Crippen molar-refractivity contribution in [2.45, 2.75) is 6.42 Å². The molecule has 0 aliphatic rings. The van der Waals surface area contributed by atoms with Gasteiger partial charge in [0, 0.05) is 17.8 Å². The number of methoxy groups -OCH3 is 1. The fourth-order valence-electron chi connectivity index (χ4n) is 2.00. The van der Waals surface area contributed by atoms with E-state index in [0.717, 1.165) is 17.0 Å². The number of carbonyl (C=O) groups excluding carboxylic acids is 1. The van der Waals surface area contributed by atoms with Crippen molar-refractivity contribution in [3.05, 3.63) is 59.1 Å². The maximum Gasteiger partial charge on any atom is 0.230 e. The van der Waals surface area contributed by atoms with Crippen LogP contribution in [0.5, 0.6) is 5.75 Å². The summed E-state index contributed by atoms with van der Waals surface area (Å²) in [6.07, 6.45) is 0.227. The van der Waals surface area contributed by atoms with Gasteiger partial charge in [0.1, 0.15) is 12.4 Å². The lowest BCUT2D eigenvalue weighted by atomic mass is 10.1. The molecule has 0 spiro atoms. The highest BCUT2D eigenvalue weighted by atomic mass is 35.5. The Labute approximate surface area is 157 Å². The van der Waals surface area contributed by atoms with Crippen molar-refractivity contribution in [3.8, 4) is 5.75 Å². The van der Waals surface area contributed by atoms with Crippen LogP contribution in [0.15, 0.2) is 48.5 Å². The number of benzene rings is 2. The van der Waals surface area contributed by atoms with Gasteiger partial charge in [0.05, 0.1) is 13.0 Å². The molecular weight excluding hydrogens is 360 g/mol. The SMILES string of the molecule is COCCOc1ccc(NC(=S)NC(=O)Cc2ccc(Cl)cc2)cc1. The number of rotatable bonds is 7. The van der Waals surface area contributed by atoms with Gasteiger partial charge in [-0.05, 0) is 54.2 Å². The Morgan fingerprint density at radius 2 is 1.76 bits per heavy atom. The van der Waals surface area contributed by atoms with Crippen molar-refractivity contribution in [1.29, 1.82) is 0 Å². The van der Waals surface area contributed by atoms with Gasteiger partial charge in [0.15, 0.2) is 5.11 Å². The molecule has 0 aliphatic heterocycles. The van der Waals surface area contributed by atoms with Gasteiger partial charge >= 0.3 is 0 Å². The van der Waals surface area contributed by atoms with Crippen LogP contribution in [-0.2, 0) is 16.0 Å². The largest absolute Gasteiger partial charge is 0.491 e. The number of hydrogen-bond acceptors (Lipinski definition) is 4. The molecule has 0 heterocycles. The minimum atomic E-state index is -0.195. The first-order valence-corrected chi connectivity index (χ1v) is 8.42. The van der Waals surface area contributed by atoms with Crippen molar-refractivity contribution >= 4 is 40.5 Å². The van der Waals surface area contributed by atoms with Crippen LogP contribution >= 0.6 is 23.8 Å². The number of hydrogen-bond donors (Lipinski definition) is 2. The third-order valence-electron chi connectivity index (χ3n) is 3.20. The molecule has 2 N–H and O–H groups in total. The molecule has 0 bridgehead atoms. The summed E-state index contributed by atoms with van der Waals surface area (Å²) < 4.78 is 10.4. The van der Waals surface area contributed by atoms with Gasteiger partial charge in [-0.2, -0.15) is 0 Å². The third-order valence-corrected chi connectivity index (χ3v) is 3.66. The third kappa shape index (κ3) is 7.09. The van der Waals surface area contributed by atoms with E-state index in [9.17, 15) is 4.79 Å². The van der Waals surface area contributed by atoms with Gasteiger partial charge in [0.2, 0.25) is 5.91 Å². The number of anilines is 1. The molecule has 25 heavy (non-hydrogen) atoms. The predicted octanol–water partition coefficient (Wildman–Crippen LogP) is 3.42. The van der Waals surface area contributed by atoms with E-state index in [0.29, 0.717) is 18.2 Å². The summed E-state index contributed by atoms with van der Waals surface area (Å²) in [6, 6.07) is 14.4. The van der Waals surface area contributed by atoms with Crippen LogP contribution in [0.25, 0.3) is 0 Å². The van der Waals surface area contributed by atoms with Crippen molar-refractivity contribution in [2.24, 2.45) is 0 Å². The van der Waals surface area contributed by atoms with Crippen LogP contribution in [0.3, 0.4) is 0 Å². The Kier molecular flexibility index (Phi) is 7.66. The normalized spacial score (nSPS) is 10.2. The first-order valence-electron chi connectivity index (χ1n) is 7.64. The average Bonchev–Trinajstić information content (AvgIpc) is 2.58. The second-order valence-corrected chi connectivity index (χ2v) is 6.02. The number of halogens is 1. The van der Waals surface area contributed by atoms with Gasteiger partial charge in [-0.3, -0.25) is 4.79 Å². The Morgan fingerprint density at radius 1 is 1.08 bits per heavy atom. The number of nitrogens with one attached hydrogen (secondary N) is 2. The van der Waals surface area contributed by atoms with Crippen LogP contribution in [-0.4, -0.2) is 31.3 Å². The lowest BCUT2D eigenvalue weighted by Gasteiger charge is -2.11. The average molecular weight is 379 g/mol. The van der Waals surface area contributed by atoms with Crippen molar-refractivity contribution in [2.75, 3.05) is 25.6 Å². The summed E-state index contributed by atoms with van der Waals surface area (Å²) >= 11 is 11.0. The molecule has 1 amide bonds. The zero-order chi connectivity index (χ0) is 18.1. The maximum absolute atomic E-state index is 12.0. The minimum Gasteiger partial charge on any atom is -0.491 e. The second-order valence-electron chi connectivity index (χ2n) is 5.17. The molecular formula is C18H19ClN2O3S. The molecule has 2 aromatic carbocycles. The molecule has 0 aromatic heterocycles. The number of amides is 1. The Morgan fingerprint density at radius 3 is 2.40 bits per heavy atom. The summed E-state index contributed by atoms with van der Waals surface area (Å²) in [7, 11) is 1.62. The van der Waals surface area contributed by atoms with E-state index in [1.807, 2.05) is 24.3 Å². The first kappa shape index (κ1) is 19.2. The number of ether oxygens (including phenoxy) is 2. The van der Waals surface area contributed by atoms with Crippen LogP contribution in [0.4, 0.5) is 5.69 Å². The van der Waals surface area contributed by atoms with E-state index >= 15 is 0 Å². The first-order chi connectivity index (χ1) is 12.1. The van der Waals surface area contributed by atoms with E-state index in [1.165, 1.54) is 0 Å². The van der Waals surface area contributed by atoms with Crippen molar-refractivity contribution in [3.63, 3.8) is 0 Å². The highest BCUT2D eigenvalue weighted by molar-refractivity contribution is 7.80. The molecule has 132 valence electrons. The smallest absolute Gasteiger partial charge is 0.230 e. The van der Waals surface area contributed by atoms with E-state index in [2.05, 4.69) is 10.6 Å². The minimum absolute atomic E-state index is 0.195. The fourth-order valence-corrected chi connectivity index (χ4v) is 2.36. The quantitative estimate of drug-likeness (QED) is 0.571. The van der Waals surface area contributed by atoms with E-state index in [4.69, 9.17) is 33.3 Å². The van der Waals surface area contributed by atoms with Crippen LogP contribution < -0.4 is 15.4 Å². The summed E-state index contributed by atoms with van der Waals surface area (Å²) in [5.74, 6) is 0.541. The van der Waals surface area contributed by atoms with Gasteiger partial charge < -0.3 is 20.1 Å². The Hall–Kier alpha value is -2.15. The highest BCUT2D eigenvalue weighted by Crippen LogP contribution is 2.15. The van der Waals surface area contributed by atoms with Crippen molar-refractivity contribution in [1.82, 2.24) is 5.32 Å². The second kappa shape index (κ2) is 9.98. The van der Waals surface area contributed by atoms with Gasteiger partial charge in [-0.1, -0.05) is 23.7 Å². The van der Waals surface area contributed by atoms with Crippen LogP contribution in [0.2, 0.25) is 5.02 Å². The molecule has 5 nitrogen and oxygen atoms in total. The van der Waals surface area contributed by atoms with Gasteiger partial charge in [-0.15, -0.1) is 0 Å². The molecule has 0 fully saturated rings. The van der Waals surface area contributed by atoms with E-state index < -0.39 is 0 Å². The molecule has 2 rings (SSSR count). The number of carbonyl (C=O) groups is 1. The molecule has 7 heteroatoms. The van der Waals surface area contributed by atoms with Crippen LogP contribution in [0.1, 0.15) is 5.56 Å². The zero-order valence-electron chi connectivity index (χ0n) is 13.8. The number of thiocarbonyl (C=S) groups is 1. The summed E-state index contributed by atoms with van der Waals surface area (Å²) in [5.41, 5.74) is 1.62. The molecule has 2 aromatic rings. The maximum atomic E-state index is 12.0. The van der Waals surface area contributed by atoms with Gasteiger partial charge in [-0.25, -0.2) is 0 Å². The van der Waals surface area contributed by atoms with E-state index in [-0.39, 0.29) is 17.4 Å². The predicted molar refractivity (Wildman–Crippen MR) is 103 cm³/mol. The van der Waals surface area contributed by atoms with E-state index in [1.54, 1.807) is 31.4 Å². The molecule has 0 atom stereocenters. The lowest BCUT2D eigenvalue weighted by molar-refractivity contribution is -0.119. The molecule has 0 unspecified atom stereocenters. The molecule has 0 saturated heterocycles.